The van der Waals surface area contributed by atoms with Gasteiger partial charge in [0.1, 0.15) is 11.1 Å². The molecule has 0 aromatic heterocycles. The maximum atomic E-state index is 5.47. The van der Waals surface area contributed by atoms with Gasteiger partial charge in [0, 0.05) is 18.3 Å². The van der Waals surface area contributed by atoms with Gasteiger partial charge in [-0.05, 0) is 32.1 Å². The molecule has 0 radical (unpaired) electrons. The highest BCUT2D eigenvalue weighted by Gasteiger charge is 2.05. The minimum absolute atomic E-state index is 0.175. The van der Waals surface area contributed by atoms with Crippen LogP contribution in [0.1, 0.15) is 18.1 Å². The Hall–Kier alpha value is -1.19. The Morgan fingerprint density at radius 3 is 2.78 bits per heavy atom. The van der Waals surface area contributed by atoms with Crippen LogP contribution in [-0.2, 0) is 4.84 Å². The molecular formula is C13H16Cl2N2O. The van der Waals surface area contributed by atoms with Crippen molar-refractivity contribution in [1.82, 2.24) is 0 Å². The molecule has 0 saturated carbocycles. The summed E-state index contributed by atoms with van der Waals surface area (Å²) in [6.45, 7) is 4.18. The summed E-state index contributed by atoms with van der Waals surface area (Å²) in [5.41, 5.74) is 3.99. The number of hydrogen-bond acceptors (Lipinski definition) is 3. The molecule has 1 N–H and O–H groups in total. The monoisotopic (exact) mass is 286 g/mol. The molecular weight excluding hydrogens is 271 g/mol. The van der Waals surface area contributed by atoms with E-state index in [0.29, 0.717) is 0 Å². The molecule has 0 aliphatic heterocycles. The summed E-state index contributed by atoms with van der Waals surface area (Å²) in [5, 5.41) is 7.15. The zero-order chi connectivity index (χ0) is 13.5. The van der Waals surface area contributed by atoms with Gasteiger partial charge in [-0.2, -0.15) is 0 Å². The third kappa shape index (κ3) is 4.59. The van der Waals surface area contributed by atoms with E-state index in [2.05, 4.69) is 16.5 Å². The Morgan fingerprint density at radius 2 is 2.17 bits per heavy atom. The van der Waals surface area contributed by atoms with Crippen LogP contribution in [0.25, 0.3) is 0 Å². The first-order valence-corrected chi connectivity index (χ1v) is 6.26. The van der Waals surface area contributed by atoms with Crippen LogP contribution < -0.4 is 5.32 Å². The van der Waals surface area contributed by atoms with E-state index in [1.807, 2.05) is 33.0 Å². The van der Waals surface area contributed by atoms with Crippen molar-refractivity contribution in [1.29, 1.82) is 0 Å². The smallest absolute Gasteiger partial charge is 0.138 e. The number of hydrogen-bond donors (Lipinski definition) is 1. The van der Waals surface area contributed by atoms with Crippen molar-refractivity contribution in [2.75, 3.05) is 19.0 Å². The van der Waals surface area contributed by atoms with E-state index in [1.54, 1.807) is 0 Å². The fourth-order valence-corrected chi connectivity index (χ4v) is 1.58. The van der Waals surface area contributed by atoms with E-state index in [9.17, 15) is 0 Å². The van der Waals surface area contributed by atoms with Crippen molar-refractivity contribution in [3.8, 4) is 0 Å². The van der Waals surface area contributed by atoms with E-state index in [4.69, 9.17) is 28.0 Å². The number of anilines is 1. The maximum absolute atomic E-state index is 5.47. The molecule has 0 bridgehead atoms. The van der Waals surface area contributed by atoms with Crippen molar-refractivity contribution in [3.63, 3.8) is 0 Å². The predicted molar refractivity (Wildman–Crippen MR) is 78.7 cm³/mol. The summed E-state index contributed by atoms with van der Waals surface area (Å²) in [7, 11) is 1.87. The molecule has 0 amide bonds. The number of nitrogens with one attached hydrogen (secondary N) is 1. The minimum atomic E-state index is 0.175. The van der Waals surface area contributed by atoms with Gasteiger partial charge in [-0.1, -0.05) is 40.0 Å². The topological polar surface area (TPSA) is 33.6 Å². The van der Waals surface area contributed by atoms with Gasteiger partial charge < -0.3 is 10.2 Å². The van der Waals surface area contributed by atoms with Gasteiger partial charge in [-0.25, -0.2) is 0 Å². The quantitative estimate of drug-likeness (QED) is 0.502. The van der Waals surface area contributed by atoms with Crippen LogP contribution in [0.5, 0.6) is 0 Å². The number of oxime groups is 1. The molecule has 1 rings (SSSR count). The van der Waals surface area contributed by atoms with Gasteiger partial charge in [0.05, 0.1) is 5.71 Å². The fourth-order valence-electron chi connectivity index (χ4n) is 1.46. The Kier molecular flexibility index (Phi) is 6.02. The van der Waals surface area contributed by atoms with Gasteiger partial charge in [-0.3, -0.25) is 0 Å². The Bertz CT molecular complexity index is 466. The van der Waals surface area contributed by atoms with Crippen molar-refractivity contribution < 1.29 is 4.84 Å². The first kappa shape index (κ1) is 14.9. The molecule has 5 heteroatoms. The second kappa shape index (κ2) is 7.29. The lowest BCUT2D eigenvalue weighted by atomic mass is 10.1. The lowest BCUT2D eigenvalue weighted by Crippen LogP contribution is -2.03. The Morgan fingerprint density at radius 1 is 1.44 bits per heavy atom. The molecule has 3 nitrogen and oxygen atoms in total. The number of benzene rings is 1. The molecule has 1 aromatic carbocycles. The average Bonchev–Trinajstić information content (AvgIpc) is 2.34. The third-order valence-corrected chi connectivity index (χ3v) is 2.66. The SMILES string of the molecule is CNc1ccc(C)cc1/C(C)=N/OCC=C(Cl)Cl. The molecule has 18 heavy (non-hydrogen) atoms. The Labute approximate surface area is 117 Å². The van der Waals surface area contributed by atoms with Crippen molar-refractivity contribution in [2.45, 2.75) is 13.8 Å². The lowest BCUT2D eigenvalue weighted by Gasteiger charge is -2.09. The van der Waals surface area contributed by atoms with Crippen molar-refractivity contribution in [3.05, 3.63) is 39.9 Å². The predicted octanol–water partition coefficient (Wildman–Crippen LogP) is 4.10. The van der Waals surface area contributed by atoms with Gasteiger partial charge in [-0.15, -0.1) is 0 Å². The Balaban J connectivity index is 2.82. The van der Waals surface area contributed by atoms with Crippen LogP contribution in [-0.4, -0.2) is 19.4 Å². The molecule has 0 aliphatic carbocycles. The summed E-state index contributed by atoms with van der Waals surface area (Å²) in [5.74, 6) is 0. The van der Waals surface area contributed by atoms with Crippen LogP contribution in [0.15, 0.2) is 33.9 Å². The van der Waals surface area contributed by atoms with Crippen LogP contribution in [0.4, 0.5) is 5.69 Å². The van der Waals surface area contributed by atoms with Crippen molar-refractivity contribution in [2.24, 2.45) is 5.16 Å². The molecule has 0 atom stereocenters. The maximum Gasteiger partial charge on any atom is 0.138 e. The summed E-state index contributed by atoms with van der Waals surface area (Å²) < 4.78 is 0.175. The lowest BCUT2D eigenvalue weighted by molar-refractivity contribution is 0.174. The van der Waals surface area contributed by atoms with E-state index in [-0.39, 0.29) is 11.1 Å². The number of rotatable bonds is 5. The molecule has 0 saturated heterocycles. The molecule has 0 spiro atoms. The van der Waals surface area contributed by atoms with E-state index in [1.165, 1.54) is 11.6 Å². The third-order valence-electron chi connectivity index (χ3n) is 2.35. The molecule has 0 heterocycles. The highest BCUT2D eigenvalue weighted by atomic mass is 35.5. The number of nitrogens with zero attached hydrogens (tertiary/aromatic N) is 1. The summed E-state index contributed by atoms with van der Waals surface area (Å²) in [4.78, 5) is 5.11. The normalized spacial score (nSPS) is 11.1. The number of halogens is 2. The molecule has 0 fully saturated rings. The van der Waals surface area contributed by atoms with Crippen LogP contribution in [0.3, 0.4) is 0 Å². The summed E-state index contributed by atoms with van der Waals surface area (Å²) in [6, 6.07) is 6.11. The van der Waals surface area contributed by atoms with E-state index >= 15 is 0 Å². The van der Waals surface area contributed by atoms with E-state index < -0.39 is 0 Å². The first-order valence-electron chi connectivity index (χ1n) is 5.51. The van der Waals surface area contributed by atoms with Gasteiger partial charge in [0.25, 0.3) is 0 Å². The summed E-state index contributed by atoms with van der Waals surface area (Å²) in [6.07, 6.45) is 1.54. The fraction of sp³-hybridized carbons (Fsp3) is 0.308. The van der Waals surface area contributed by atoms with Crippen LogP contribution >= 0.6 is 23.2 Å². The first-order chi connectivity index (χ1) is 8.54. The zero-order valence-electron chi connectivity index (χ0n) is 10.6. The van der Waals surface area contributed by atoms with Crippen molar-refractivity contribution >= 4 is 34.6 Å². The average molecular weight is 287 g/mol. The molecule has 0 unspecified atom stereocenters. The second-order valence-corrected chi connectivity index (χ2v) is 4.77. The minimum Gasteiger partial charge on any atom is -0.391 e. The second-order valence-electron chi connectivity index (χ2n) is 3.77. The number of aryl methyl sites for hydroxylation is 1. The molecule has 1 aromatic rings. The van der Waals surface area contributed by atoms with Gasteiger partial charge in [0.2, 0.25) is 0 Å². The highest BCUT2D eigenvalue weighted by Crippen LogP contribution is 2.18. The zero-order valence-corrected chi connectivity index (χ0v) is 12.1. The largest absolute Gasteiger partial charge is 0.391 e. The standard InChI is InChI=1S/C13H16Cl2N2O/c1-9-4-5-12(16-3)11(8-9)10(2)17-18-7-6-13(14)15/h4-6,8,16H,7H2,1-3H3/b17-10+. The van der Waals surface area contributed by atoms with Gasteiger partial charge in [0.15, 0.2) is 0 Å². The van der Waals surface area contributed by atoms with Crippen LogP contribution in [0.2, 0.25) is 0 Å². The van der Waals surface area contributed by atoms with E-state index in [0.717, 1.165) is 17.0 Å². The highest BCUT2D eigenvalue weighted by molar-refractivity contribution is 6.55. The summed E-state index contributed by atoms with van der Waals surface area (Å²) >= 11 is 10.9. The molecule has 98 valence electrons. The van der Waals surface area contributed by atoms with Crippen LogP contribution in [0, 0.1) is 6.92 Å². The molecule has 0 aliphatic rings. The van der Waals surface area contributed by atoms with Gasteiger partial charge >= 0.3 is 0 Å².